The summed E-state index contributed by atoms with van der Waals surface area (Å²) in [6, 6.07) is 12.1. The molecule has 108 valence electrons. The maximum Gasteiger partial charge on any atom is 0.137 e. The van der Waals surface area contributed by atoms with Crippen molar-refractivity contribution >= 4 is 5.65 Å². The van der Waals surface area contributed by atoms with Gasteiger partial charge in [-0.2, -0.15) is 0 Å². The van der Waals surface area contributed by atoms with E-state index in [1.54, 1.807) is 0 Å². The summed E-state index contributed by atoms with van der Waals surface area (Å²) in [5.74, 6) is 0.892. The highest BCUT2D eigenvalue weighted by Crippen LogP contribution is 2.21. The summed E-state index contributed by atoms with van der Waals surface area (Å²) >= 11 is 0. The van der Waals surface area contributed by atoms with Crippen molar-refractivity contribution in [3.05, 3.63) is 65.6 Å². The molecule has 0 saturated carbocycles. The third-order valence-corrected chi connectivity index (χ3v) is 3.42. The molecular weight excluding hydrogens is 262 g/mol. The number of rotatable bonds is 5. The fourth-order valence-corrected chi connectivity index (χ4v) is 2.41. The van der Waals surface area contributed by atoms with E-state index in [0.717, 1.165) is 29.1 Å². The summed E-state index contributed by atoms with van der Waals surface area (Å²) in [4.78, 5) is 4.53. The highest BCUT2D eigenvalue weighted by Gasteiger charge is 2.06. The lowest BCUT2D eigenvalue weighted by Gasteiger charge is -2.10. The summed E-state index contributed by atoms with van der Waals surface area (Å²) in [6.07, 6.45) is 4.80. The Morgan fingerprint density at radius 1 is 1.24 bits per heavy atom. The molecule has 3 aromatic rings. The Bertz CT molecular complexity index is 716. The van der Waals surface area contributed by atoms with Gasteiger partial charge in [0.2, 0.25) is 0 Å². The number of nitrogens with two attached hydrogens (primary N) is 1. The van der Waals surface area contributed by atoms with Crippen molar-refractivity contribution in [3.63, 3.8) is 0 Å². The van der Waals surface area contributed by atoms with Gasteiger partial charge in [0.05, 0.1) is 5.69 Å². The Morgan fingerprint density at radius 3 is 2.95 bits per heavy atom. The summed E-state index contributed by atoms with van der Waals surface area (Å²) in [5, 5.41) is 0. The predicted octanol–water partition coefficient (Wildman–Crippen LogP) is 2.72. The van der Waals surface area contributed by atoms with Gasteiger partial charge in [-0.05, 0) is 43.7 Å². The second-order valence-corrected chi connectivity index (χ2v) is 5.14. The zero-order valence-electron chi connectivity index (χ0n) is 12.1. The van der Waals surface area contributed by atoms with Crippen molar-refractivity contribution in [2.24, 2.45) is 5.73 Å². The van der Waals surface area contributed by atoms with Gasteiger partial charge in [-0.25, -0.2) is 4.98 Å². The minimum absolute atomic E-state index is 0.461. The molecule has 4 nitrogen and oxygen atoms in total. The molecule has 2 N–H and O–H groups in total. The summed E-state index contributed by atoms with van der Waals surface area (Å²) < 4.78 is 7.92. The molecular formula is C17H19N3O. The van der Waals surface area contributed by atoms with Crippen LogP contribution < -0.4 is 10.5 Å². The summed E-state index contributed by atoms with van der Waals surface area (Å²) in [6.45, 7) is 3.16. The first kappa shape index (κ1) is 13.6. The van der Waals surface area contributed by atoms with E-state index in [-0.39, 0.29) is 0 Å². The second-order valence-electron chi connectivity index (χ2n) is 5.14. The lowest BCUT2D eigenvalue weighted by Crippen LogP contribution is -2.06. The molecule has 0 aliphatic carbocycles. The van der Waals surface area contributed by atoms with E-state index in [4.69, 9.17) is 10.5 Å². The van der Waals surface area contributed by atoms with Crippen LogP contribution in [-0.4, -0.2) is 15.9 Å². The van der Waals surface area contributed by atoms with Gasteiger partial charge in [0, 0.05) is 12.4 Å². The quantitative estimate of drug-likeness (QED) is 0.782. The third-order valence-electron chi connectivity index (χ3n) is 3.42. The molecule has 3 rings (SSSR count). The molecule has 0 aliphatic heterocycles. The molecule has 0 unspecified atom stereocenters. The van der Waals surface area contributed by atoms with E-state index < -0.39 is 0 Å². The molecule has 0 fully saturated rings. The molecule has 0 aliphatic rings. The van der Waals surface area contributed by atoms with Gasteiger partial charge in [0.25, 0.3) is 0 Å². The fraction of sp³-hybridized carbons (Fsp3) is 0.235. The number of pyridine rings is 1. The number of aryl methyl sites for hydroxylation is 1. The largest absolute Gasteiger partial charge is 0.487 e. The van der Waals surface area contributed by atoms with Crippen molar-refractivity contribution in [3.8, 4) is 5.75 Å². The average molecular weight is 281 g/mol. The first-order chi connectivity index (χ1) is 10.3. The van der Waals surface area contributed by atoms with Crippen molar-refractivity contribution < 1.29 is 4.74 Å². The van der Waals surface area contributed by atoms with Crippen LogP contribution >= 0.6 is 0 Å². The van der Waals surface area contributed by atoms with Gasteiger partial charge in [0.15, 0.2) is 0 Å². The minimum Gasteiger partial charge on any atom is -0.487 e. The number of hydrogen-bond acceptors (Lipinski definition) is 3. The lowest BCUT2D eigenvalue weighted by molar-refractivity contribution is 0.299. The van der Waals surface area contributed by atoms with Crippen LogP contribution in [0.4, 0.5) is 0 Å². The number of aromatic nitrogens is 2. The number of benzene rings is 1. The van der Waals surface area contributed by atoms with Crippen LogP contribution in [0, 0.1) is 6.92 Å². The van der Waals surface area contributed by atoms with Crippen LogP contribution in [0.1, 0.15) is 16.8 Å². The second kappa shape index (κ2) is 5.97. The molecule has 2 aromatic heterocycles. The fourth-order valence-electron chi connectivity index (χ4n) is 2.41. The van der Waals surface area contributed by atoms with Crippen LogP contribution in [0.25, 0.3) is 5.65 Å². The maximum absolute atomic E-state index is 5.93. The Hall–Kier alpha value is -2.33. The average Bonchev–Trinajstić information content (AvgIpc) is 2.89. The topological polar surface area (TPSA) is 52.5 Å². The highest BCUT2D eigenvalue weighted by atomic mass is 16.5. The first-order valence-electron chi connectivity index (χ1n) is 7.11. The Morgan fingerprint density at radius 2 is 2.14 bits per heavy atom. The molecule has 0 atom stereocenters. The van der Waals surface area contributed by atoms with E-state index in [0.29, 0.717) is 13.2 Å². The molecule has 0 amide bonds. The molecule has 21 heavy (non-hydrogen) atoms. The number of hydrogen-bond donors (Lipinski definition) is 1. The van der Waals surface area contributed by atoms with Crippen LogP contribution in [0.3, 0.4) is 0 Å². The Kier molecular flexibility index (Phi) is 3.88. The third kappa shape index (κ3) is 3.06. The monoisotopic (exact) mass is 281 g/mol. The summed E-state index contributed by atoms with van der Waals surface area (Å²) in [7, 11) is 0. The van der Waals surface area contributed by atoms with Gasteiger partial charge in [-0.15, -0.1) is 0 Å². The van der Waals surface area contributed by atoms with Crippen molar-refractivity contribution in [2.45, 2.75) is 20.0 Å². The van der Waals surface area contributed by atoms with E-state index in [1.807, 2.05) is 41.1 Å². The zero-order valence-corrected chi connectivity index (χ0v) is 12.1. The Labute approximate surface area is 124 Å². The van der Waals surface area contributed by atoms with Crippen molar-refractivity contribution in [2.75, 3.05) is 6.54 Å². The van der Waals surface area contributed by atoms with Crippen LogP contribution in [-0.2, 0) is 13.0 Å². The molecule has 4 heteroatoms. The van der Waals surface area contributed by atoms with Gasteiger partial charge >= 0.3 is 0 Å². The van der Waals surface area contributed by atoms with Crippen LogP contribution in [0.15, 0.2) is 48.8 Å². The number of ether oxygens (including phenoxy) is 1. The highest BCUT2D eigenvalue weighted by molar-refractivity contribution is 5.40. The number of imidazole rings is 1. The molecule has 0 radical (unpaired) electrons. The van der Waals surface area contributed by atoms with E-state index in [9.17, 15) is 0 Å². The van der Waals surface area contributed by atoms with Crippen molar-refractivity contribution in [1.82, 2.24) is 9.38 Å². The van der Waals surface area contributed by atoms with E-state index >= 15 is 0 Å². The number of fused-ring (bicyclic) bond motifs is 1. The molecule has 1 aromatic carbocycles. The van der Waals surface area contributed by atoms with Gasteiger partial charge in [-0.1, -0.05) is 23.8 Å². The lowest BCUT2D eigenvalue weighted by atomic mass is 10.1. The molecule has 2 heterocycles. The number of nitrogens with zero attached hydrogens (tertiary/aromatic N) is 2. The van der Waals surface area contributed by atoms with Gasteiger partial charge in [0.1, 0.15) is 18.0 Å². The minimum atomic E-state index is 0.461. The normalized spacial score (nSPS) is 11.0. The summed E-state index contributed by atoms with van der Waals surface area (Å²) in [5.41, 5.74) is 9.89. The van der Waals surface area contributed by atoms with Gasteiger partial charge < -0.3 is 14.9 Å². The van der Waals surface area contributed by atoms with Crippen molar-refractivity contribution in [1.29, 1.82) is 0 Å². The van der Waals surface area contributed by atoms with E-state index in [2.05, 4.69) is 24.0 Å². The first-order valence-corrected chi connectivity index (χ1v) is 7.11. The standard InChI is InChI=1S/C17H19N3O/c1-13-5-6-16(14(10-13)7-8-18)21-12-15-11-20-9-3-2-4-17(20)19-15/h2-6,9-11H,7-8,12,18H2,1H3. The van der Waals surface area contributed by atoms with Crippen LogP contribution in [0.5, 0.6) is 5.75 Å². The van der Waals surface area contributed by atoms with Crippen LogP contribution in [0.2, 0.25) is 0 Å². The maximum atomic E-state index is 5.93. The Balaban J connectivity index is 1.77. The zero-order chi connectivity index (χ0) is 14.7. The predicted molar refractivity (Wildman–Crippen MR) is 83.5 cm³/mol. The van der Waals surface area contributed by atoms with E-state index in [1.165, 1.54) is 5.56 Å². The SMILES string of the molecule is Cc1ccc(OCc2cn3ccccc3n2)c(CCN)c1. The molecule has 0 spiro atoms. The molecule has 0 bridgehead atoms. The smallest absolute Gasteiger partial charge is 0.137 e. The van der Waals surface area contributed by atoms with Gasteiger partial charge in [-0.3, -0.25) is 0 Å². The molecule has 0 saturated heterocycles.